The first-order valence-corrected chi connectivity index (χ1v) is 10.1. The molecule has 1 aliphatic heterocycles. The highest BCUT2D eigenvalue weighted by Crippen LogP contribution is 2.39. The quantitative estimate of drug-likeness (QED) is 0.491. The molecule has 7 nitrogen and oxygen atoms in total. The van der Waals surface area contributed by atoms with Crippen LogP contribution < -0.4 is 11.2 Å². The van der Waals surface area contributed by atoms with Gasteiger partial charge in [0.05, 0.1) is 11.7 Å². The Kier molecular flexibility index (Phi) is 4.33. The van der Waals surface area contributed by atoms with Gasteiger partial charge in [0.1, 0.15) is 5.56 Å². The van der Waals surface area contributed by atoms with Gasteiger partial charge in [-0.2, -0.15) is 0 Å². The second-order valence-electron chi connectivity index (χ2n) is 7.51. The van der Waals surface area contributed by atoms with Crippen LogP contribution in [0.25, 0.3) is 16.6 Å². The molecule has 0 amide bonds. The van der Waals surface area contributed by atoms with Crippen molar-refractivity contribution in [2.75, 3.05) is 13.1 Å². The largest absolute Gasteiger partial charge is 0.494 e. The summed E-state index contributed by atoms with van der Waals surface area (Å²) in [5.74, 6) is -0.329. The lowest BCUT2D eigenvalue weighted by atomic mass is 9.93. The minimum Gasteiger partial charge on any atom is -0.494 e. The summed E-state index contributed by atoms with van der Waals surface area (Å²) in [6.45, 7) is 3.47. The van der Waals surface area contributed by atoms with E-state index >= 15 is 0 Å². The van der Waals surface area contributed by atoms with Gasteiger partial charge in [-0.1, -0.05) is 43.3 Å². The summed E-state index contributed by atoms with van der Waals surface area (Å²) >= 11 is 0. The van der Waals surface area contributed by atoms with Crippen molar-refractivity contribution < 1.29 is 5.11 Å². The number of nitrogens with one attached hydrogen (secondary N) is 2. The van der Waals surface area contributed by atoms with Gasteiger partial charge in [-0.25, -0.2) is 9.36 Å². The second kappa shape index (κ2) is 7.03. The fraction of sp³-hybridized carbons (Fsp3) is 0.217. The molecule has 1 aliphatic rings. The SMILES string of the molecule is CCN1CCc2c([nH]c3ccccc23)[C@H]1c1c(O)n(-c2ccccc2)c(=O)[nH]c1=O. The molecule has 1 atom stereocenters. The fourth-order valence-corrected chi connectivity index (χ4v) is 4.56. The lowest BCUT2D eigenvalue weighted by Gasteiger charge is -2.35. The van der Waals surface area contributed by atoms with E-state index in [2.05, 4.69) is 20.9 Å². The van der Waals surface area contributed by atoms with Crippen LogP contribution in [-0.4, -0.2) is 37.6 Å². The molecule has 0 saturated heterocycles. The van der Waals surface area contributed by atoms with E-state index in [4.69, 9.17) is 0 Å². The Morgan fingerprint density at radius 3 is 2.53 bits per heavy atom. The summed E-state index contributed by atoms with van der Waals surface area (Å²) in [5.41, 5.74) is 2.47. The van der Waals surface area contributed by atoms with Crippen LogP contribution in [0, 0.1) is 0 Å². The molecule has 2 aromatic heterocycles. The first-order chi connectivity index (χ1) is 14.6. The normalized spacial score (nSPS) is 16.6. The number of aromatic nitrogens is 3. The molecule has 30 heavy (non-hydrogen) atoms. The second-order valence-corrected chi connectivity index (χ2v) is 7.51. The van der Waals surface area contributed by atoms with Crippen LogP contribution in [0.3, 0.4) is 0 Å². The van der Waals surface area contributed by atoms with E-state index in [1.807, 2.05) is 31.2 Å². The molecule has 3 N–H and O–H groups in total. The van der Waals surface area contributed by atoms with Gasteiger partial charge in [-0.15, -0.1) is 0 Å². The number of benzene rings is 2. The maximum atomic E-state index is 13.0. The van der Waals surface area contributed by atoms with E-state index in [1.165, 1.54) is 0 Å². The van der Waals surface area contributed by atoms with Crippen LogP contribution in [0.4, 0.5) is 0 Å². The third-order valence-electron chi connectivity index (χ3n) is 5.95. The zero-order chi connectivity index (χ0) is 20.8. The van der Waals surface area contributed by atoms with Crippen LogP contribution in [0.5, 0.6) is 5.88 Å². The lowest BCUT2D eigenvalue weighted by molar-refractivity contribution is 0.215. The zero-order valence-electron chi connectivity index (χ0n) is 16.6. The monoisotopic (exact) mass is 402 g/mol. The van der Waals surface area contributed by atoms with Crippen molar-refractivity contribution in [2.45, 2.75) is 19.4 Å². The summed E-state index contributed by atoms with van der Waals surface area (Å²) in [4.78, 5) is 33.5. The van der Waals surface area contributed by atoms with Gasteiger partial charge in [0.2, 0.25) is 5.88 Å². The molecule has 2 aromatic carbocycles. The van der Waals surface area contributed by atoms with E-state index in [0.717, 1.165) is 39.7 Å². The first-order valence-electron chi connectivity index (χ1n) is 10.1. The topological polar surface area (TPSA) is 94.1 Å². The van der Waals surface area contributed by atoms with E-state index in [0.29, 0.717) is 12.2 Å². The van der Waals surface area contributed by atoms with E-state index < -0.39 is 17.3 Å². The Hall–Kier alpha value is -3.58. The first kappa shape index (κ1) is 18.4. The zero-order valence-corrected chi connectivity index (χ0v) is 16.6. The van der Waals surface area contributed by atoms with Gasteiger partial charge < -0.3 is 10.1 Å². The van der Waals surface area contributed by atoms with Crippen LogP contribution >= 0.6 is 0 Å². The Labute approximate surface area is 172 Å². The highest BCUT2D eigenvalue weighted by atomic mass is 16.3. The molecule has 3 heterocycles. The molecule has 5 rings (SSSR count). The number of aromatic hydroxyl groups is 1. The Morgan fingerprint density at radius 2 is 1.77 bits per heavy atom. The smallest absolute Gasteiger partial charge is 0.335 e. The minimum atomic E-state index is -0.664. The van der Waals surface area contributed by atoms with Crippen LogP contribution in [0.15, 0.2) is 64.2 Å². The number of para-hydroxylation sites is 2. The van der Waals surface area contributed by atoms with Crippen LogP contribution in [0.1, 0.15) is 29.8 Å². The van der Waals surface area contributed by atoms with Gasteiger partial charge in [0.15, 0.2) is 0 Å². The summed E-state index contributed by atoms with van der Waals surface area (Å²) in [6, 6.07) is 16.4. The number of aromatic amines is 2. The summed E-state index contributed by atoms with van der Waals surface area (Å²) in [7, 11) is 0. The summed E-state index contributed by atoms with van der Waals surface area (Å²) in [6.07, 6.45) is 0.848. The molecule has 0 spiro atoms. The molecular formula is C23H22N4O3. The molecule has 0 fully saturated rings. The average molecular weight is 402 g/mol. The number of fused-ring (bicyclic) bond motifs is 3. The van der Waals surface area contributed by atoms with Gasteiger partial charge in [0.25, 0.3) is 5.56 Å². The van der Waals surface area contributed by atoms with Crippen LogP contribution in [-0.2, 0) is 6.42 Å². The lowest BCUT2D eigenvalue weighted by Crippen LogP contribution is -2.41. The number of nitrogens with zero attached hydrogens (tertiary/aromatic N) is 2. The van der Waals surface area contributed by atoms with Crippen molar-refractivity contribution >= 4 is 10.9 Å². The van der Waals surface area contributed by atoms with E-state index in [-0.39, 0.29) is 11.4 Å². The highest BCUT2D eigenvalue weighted by molar-refractivity contribution is 5.85. The summed E-state index contributed by atoms with van der Waals surface area (Å²) in [5, 5.41) is 12.3. The van der Waals surface area contributed by atoms with Crippen molar-refractivity contribution in [3.63, 3.8) is 0 Å². The molecular weight excluding hydrogens is 380 g/mol. The van der Waals surface area contributed by atoms with Crippen molar-refractivity contribution in [3.05, 3.63) is 92.3 Å². The number of rotatable bonds is 3. The molecule has 0 aliphatic carbocycles. The van der Waals surface area contributed by atoms with Gasteiger partial charge in [-0.3, -0.25) is 14.7 Å². The predicted octanol–water partition coefficient (Wildman–Crippen LogP) is 2.68. The maximum Gasteiger partial charge on any atom is 0.335 e. The molecule has 4 aromatic rings. The molecule has 152 valence electrons. The van der Waals surface area contributed by atoms with E-state index in [9.17, 15) is 14.7 Å². The van der Waals surface area contributed by atoms with E-state index in [1.54, 1.807) is 24.3 Å². The van der Waals surface area contributed by atoms with Crippen molar-refractivity contribution in [1.82, 2.24) is 19.4 Å². The van der Waals surface area contributed by atoms with Crippen LogP contribution in [0.2, 0.25) is 0 Å². The Balaban J connectivity index is 1.80. The Morgan fingerprint density at radius 1 is 1.03 bits per heavy atom. The molecule has 0 bridgehead atoms. The number of likely N-dealkylation sites (N-methyl/N-ethyl adjacent to an activating group) is 1. The third kappa shape index (κ3) is 2.70. The van der Waals surface area contributed by atoms with Crippen molar-refractivity contribution in [1.29, 1.82) is 0 Å². The third-order valence-corrected chi connectivity index (χ3v) is 5.95. The van der Waals surface area contributed by atoms with Gasteiger partial charge >= 0.3 is 5.69 Å². The van der Waals surface area contributed by atoms with Gasteiger partial charge in [-0.05, 0) is 36.7 Å². The number of H-pyrrole nitrogens is 2. The average Bonchev–Trinajstić information content (AvgIpc) is 3.13. The predicted molar refractivity (Wildman–Crippen MR) is 115 cm³/mol. The molecule has 7 heteroatoms. The molecule has 0 saturated carbocycles. The molecule has 0 unspecified atom stereocenters. The fourth-order valence-electron chi connectivity index (χ4n) is 4.56. The number of hydrogen-bond acceptors (Lipinski definition) is 4. The molecule has 0 radical (unpaired) electrons. The van der Waals surface area contributed by atoms with Gasteiger partial charge in [0, 0.05) is 23.1 Å². The van der Waals surface area contributed by atoms with Crippen molar-refractivity contribution in [2.24, 2.45) is 0 Å². The maximum absolute atomic E-state index is 13.0. The summed E-state index contributed by atoms with van der Waals surface area (Å²) < 4.78 is 1.15. The Bertz CT molecular complexity index is 1350. The number of hydrogen-bond donors (Lipinski definition) is 3. The minimum absolute atomic E-state index is 0.174. The highest BCUT2D eigenvalue weighted by Gasteiger charge is 2.35. The van der Waals surface area contributed by atoms with Crippen molar-refractivity contribution in [3.8, 4) is 11.6 Å². The standard InChI is InChI=1S/C23H22N4O3/c1-2-26-13-12-16-15-10-6-7-11-17(15)24-19(16)20(26)18-21(28)25-23(30)27(22(18)29)14-8-4-3-5-9-14/h3-11,20,24,29H,2,12-13H2,1H3,(H,25,28,30)/t20-/m1/s1.